The quantitative estimate of drug-likeness (QED) is 0.718. The lowest BCUT2D eigenvalue weighted by Crippen LogP contribution is -2.09. The van der Waals surface area contributed by atoms with E-state index < -0.39 is 0 Å². The van der Waals surface area contributed by atoms with Crippen LogP contribution in [0.4, 0.5) is 0 Å². The number of rotatable bonds is 4. The van der Waals surface area contributed by atoms with Gasteiger partial charge in [0.1, 0.15) is 0 Å². The van der Waals surface area contributed by atoms with Crippen LogP contribution < -0.4 is 15.0 Å². The van der Waals surface area contributed by atoms with E-state index in [-0.39, 0.29) is 0 Å². The summed E-state index contributed by atoms with van der Waals surface area (Å²) >= 11 is 0. The number of nitrogens with one attached hydrogen (secondary N) is 1. The average molecular weight is 197 g/mol. The van der Waals surface area contributed by atoms with Gasteiger partial charge in [-0.3, -0.25) is 0 Å². The van der Waals surface area contributed by atoms with Gasteiger partial charge in [0.05, 0.1) is 14.2 Å². The van der Waals surface area contributed by atoms with Crippen molar-refractivity contribution in [3.8, 4) is 11.5 Å². The van der Waals surface area contributed by atoms with Gasteiger partial charge < -0.3 is 14.7 Å². The van der Waals surface area contributed by atoms with Crippen molar-refractivity contribution >= 4 is 0 Å². The fourth-order valence-corrected chi connectivity index (χ4v) is 1.39. The third-order valence-electron chi connectivity index (χ3n) is 2.14. The summed E-state index contributed by atoms with van der Waals surface area (Å²) in [4.78, 5) is 0. The fraction of sp³-hybridized carbons (Fsp3) is 0.400. The summed E-state index contributed by atoms with van der Waals surface area (Å²) in [7, 11) is 3.17. The van der Waals surface area contributed by atoms with E-state index in [1.807, 2.05) is 19.1 Å². The Morgan fingerprint density at radius 3 is 2.50 bits per heavy atom. The Morgan fingerprint density at radius 2 is 2.00 bits per heavy atom. The molecule has 0 atom stereocenters. The maximum Gasteiger partial charge on any atom is 0.165 e. The summed E-state index contributed by atoms with van der Waals surface area (Å²) in [6.45, 7) is 2.29. The molecule has 0 aliphatic carbocycles. The molecule has 0 aliphatic heterocycles. The summed E-state index contributed by atoms with van der Waals surface area (Å²) < 4.78 is 10.4. The maximum atomic E-state index is 8.68. The number of benzene rings is 1. The smallest absolute Gasteiger partial charge is 0.165 e. The van der Waals surface area contributed by atoms with E-state index in [0.29, 0.717) is 18.0 Å². The van der Waals surface area contributed by atoms with Crippen molar-refractivity contribution in [2.45, 2.75) is 13.5 Å². The second-order valence-corrected chi connectivity index (χ2v) is 2.93. The van der Waals surface area contributed by atoms with E-state index in [9.17, 15) is 0 Å². The summed E-state index contributed by atoms with van der Waals surface area (Å²) in [5.41, 5.74) is 4.06. The molecule has 4 nitrogen and oxygen atoms in total. The first kappa shape index (κ1) is 10.8. The molecule has 0 aliphatic rings. The molecule has 0 amide bonds. The second kappa shape index (κ2) is 4.83. The molecule has 0 unspecified atom stereocenters. The Labute approximate surface area is 83.4 Å². The van der Waals surface area contributed by atoms with Crippen LogP contribution in [0, 0.1) is 6.92 Å². The summed E-state index contributed by atoms with van der Waals surface area (Å²) in [5.74, 6) is 1.33. The number of hydroxylamine groups is 1. The predicted molar refractivity (Wildman–Crippen MR) is 52.9 cm³/mol. The molecular weight excluding hydrogens is 182 g/mol. The molecule has 1 aromatic carbocycles. The van der Waals surface area contributed by atoms with E-state index in [4.69, 9.17) is 14.7 Å². The third kappa shape index (κ3) is 1.97. The first-order valence-corrected chi connectivity index (χ1v) is 4.32. The summed E-state index contributed by atoms with van der Waals surface area (Å²) in [6, 6.07) is 3.77. The Morgan fingerprint density at radius 1 is 1.29 bits per heavy atom. The van der Waals surface area contributed by atoms with Crippen LogP contribution >= 0.6 is 0 Å². The first-order chi connectivity index (χ1) is 6.74. The van der Waals surface area contributed by atoms with Gasteiger partial charge in [0, 0.05) is 12.1 Å². The SMILES string of the molecule is COc1ccc(C)c(CNO)c1OC. The summed E-state index contributed by atoms with van der Waals surface area (Å²) in [5, 5.41) is 8.68. The predicted octanol–water partition coefficient (Wildman–Crippen LogP) is 1.49. The van der Waals surface area contributed by atoms with Crippen molar-refractivity contribution in [1.29, 1.82) is 0 Å². The van der Waals surface area contributed by atoms with Gasteiger partial charge in [0.15, 0.2) is 11.5 Å². The Balaban J connectivity index is 3.20. The highest BCUT2D eigenvalue weighted by Crippen LogP contribution is 2.32. The van der Waals surface area contributed by atoms with E-state index in [2.05, 4.69) is 5.48 Å². The van der Waals surface area contributed by atoms with Crippen molar-refractivity contribution in [3.05, 3.63) is 23.3 Å². The molecule has 2 N–H and O–H groups in total. The molecule has 1 rings (SSSR count). The van der Waals surface area contributed by atoms with Crippen molar-refractivity contribution in [2.75, 3.05) is 14.2 Å². The topological polar surface area (TPSA) is 50.7 Å². The lowest BCUT2D eigenvalue weighted by Gasteiger charge is -2.14. The zero-order chi connectivity index (χ0) is 10.6. The highest BCUT2D eigenvalue weighted by Gasteiger charge is 2.11. The highest BCUT2D eigenvalue weighted by atomic mass is 16.5. The van der Waals surface area contributed by atoms with Gasteiger partial charge in [-0.2, -0.15) is 0 Å². The zero-order valence-electron chi connectivity index (χ0n) is 8.63. The van der Waals surface area contributed by atoms with E-state index in [0.717, 1.165) is 11.1 Å². The average Bonchev–Trinajstić information content (AvgIpc) is 2.21. The van der Waals surface area contributed by atoms with Crippen molar-refractivity contribution in [3.63, 3.8) is 0 Å². The molecule has 0 bridgehead atoms. The van der Waals surface area contributed by atoms with Crippen molar-refractivity contribution in [1.82, 2.24) is 5.48 Å². The Kier molecular flexibility index (Phi) is 3.73. The fourth-order valence-electron chi connectivity index (χ4n) is 1.39. The summed E-state index contributed by atoms with van der Waals surface area (Å²) in [6.07, 6.45) is 0. The van der Waals surface area contributed by atoms with Gasteiger partial charge in [0.2, 0.25) is 0 Å². The minimum absolute atomic E-state index is 0.339. The molecule has 14 heavy (non-hydrogen) atoms. The zero-order valence-corrected chi connectivity index (χ0v) is 8.63. The van der Waals surface area contributed by atoms with Crippen LogP contribution in [0.3, 0.4) is 0 Å². The van der Waals surface area contributed by atoms with E-state index in [1.54, 1.807) is 14.2 Å². The normalized spacial score (nSPS) is 10.0. The monoisotopic (exact) mass is 197 g/mol. The van der Waals surface area contributed by atoms with Crippen LogP contribution in [0.5, 0.6) is 11.5 Å². The van der Waals surface area contributed by atoms with Gasteiger partial charge in [0.25, 0.3) is 0 Å². The molecule has 0 spiro atoms. The van der Waals surface area contributed by atoms with Crippen LogP contribution in [0.15, 0.2) is 12.1 Å². The Bertz CT molecular complexity index is 312. The molecule has 0 saturated heterocycles. The molecular formula is C10H15NO3. The van der Waals surface area contributed by atoms with E-state index >= 15 is 0 Å². The number of aryl methyl sites for hydroxylation is 1. The minimum atomic E-state index is 0.339. The number of ether oxygens (including phenoxy) is 2. The molecule has 1 aromatic rings. The third-order valence-corrected chi connectivity index (χ3v) is 2.14. The lowest BCUT2D eigenvalue weighted by atomic mass is 10.1. The number of methoxy groups -OCH3 is 2. The van der Waals surface area contributed by atoms with Crippen LogP contribution in [0.25, 0.3) is 0 Å². The van der Waals surface area contributed by atoms with Gasteiger partial charge in [-0.05, 0) is 18.6 Å². The molecule has 0 saturated carbocycles. The first-order valence-electron chi connectivity index (χ1n) is 4.32. The van der Waals surface area contributed by atoms with Crippen molar-refractivity contribution in [2.24, 2.45) is 0 Å². The minimum Gasteiger partial charge on any atom is -0.493 e. The number of hydrogen-bond acceptors (Lipinski definition) is 4. The van der Waals surface area contributed by atoms with Gasteiger partial charge in [-0.25, -0.2) is 5.48 Å². The molecule has 4 heteroatoms. The van der Waals surface area contributed by atoms with Crippen LogP contribution in [-0.4, -0.2) is 19.4 Å². The molecule has 0 fully saturated rings. The highest BCUT2D eigenvalue weighted by molar-refractivity contribution is 5.50. The molecule has 0 radical (unpaired) electrons. The van der Waals surface area contributed by atoms with Crippen LogP contribution in [-0.2, 0) is 6.54 Å². The van der Waals surface area contributed by atoms with Gasteiger partial charge >= 0.3 is 0 Å². The van der Waals surface area contributed by atoms with Crippen LogP contribution in [0.1, 0.15) is 11.1 Å². The Hall–Kier alpha value is -1.26. The standard InChI is InChI=1S/C10H15NO3/c1-7-4-5-9(13-2)10(14-3)8(7)6-11-12/h4-5,11-12H,6H2,1-3H3. The molecule has 0 aromatic heterocycles. The van der Waals surface area contributed by atoms with Gasteiger partial charge in [-0.1, -0.05) is 6.07 Å². The number of hydrogen-bond donors (Lipinski definition) is 2. The molecule has 78 valence electrons. The maximum absolute atomic E-state index is 8.68. The van der Waals surface area contributed by atoms with Crippen LogP contribution in [0.2, 0.25) is 0 Å². The van der Waals surface area contributed by atoms with Crippen molar-refractivity contribution < 1.29 is 14.7 Å². The second-order valence-electron chi connectivity index (χ2n) is 2.93. The largest absolute Gasteiger partial charge is 0.493 e. The lowest BCUT2D eigenvalue weighted by molar-refractivity contribution is 0.159. The van der Waals surface area contributed by atoms with Gasteiger partial charge in [-0.15, -0.1) is 0 Å². The molecule has 0 heterocycles. The van der Waals surface area contributed by atoms with E-state index in [1.165, 1.54) is 0 Å².